The van der Waals surface area contributed by atoms with Gasteiger partial charge in [-0.3, -0.25) is 0 Å². The molecule has 0 saturated heterocycles. The van der Waals surface area contributed by atoms with Crippen molar-refractivity contribution in [1.29, 1.82) is 0 Å². The monoisotopic (exact) mass is 324 g/mol. The second-order valence-corrected chi connectivity index (χ2v) is 5.59. The van der Waals surface area contributed by atoms with Gasteiger partial charge >= 0.3 is 6.09 Å². The smallest absolute Gasteiger partial charge is 0.407 e. The molecule has 0 aliphatic rings. The van der Waals surface area contributed by atoms with Gasteiger partial charge in [0.2, 0.25) is 0 Å². The Labute approximate surface area is 140 Å². The van der Waals surface area contributed by atoms with Crippen LogP contribution in [0.3, 0.4) is 0 Å². The van der Waals surface area contributed by atoms with E-state index in [0.29, 0.717) is 13.0 Å². The molecule has 0 aliphatic carbocycles. The molecule has 0 aliphatic heterocycles. The zero-order chi connectivity index (χ0) is 16.8. The third-order valence-corrected chi connectivity index (χ3v) is 3.89. The van der Waals surface area contributed by atoms with Crippen molar-refractivity contribution in [2.75, 3.05) is 6.54 Å². The summed E-state index contributed by atoms with van der Waals surface area (Å²) in [4.78, 5) is 14.9. The van der Waals surface area contributed by atoms with Gasteiger partial charge in [0.05, 0.1) is 6.61 Å². The maximum absolute atomic E-state index is 11.7. The van der Waals surface area contributed by atoms with Crippen molar-refractivity contribution < 1.29 is 14.6 Å². The molecule has 0 unspecified atom stereocenters. The van der Waals surface area contributed by atoms with E-state index >= 15 is 0 Å². The van der Waals surface area contributed by atoms with Crippen molar-refractivity contribution in [3.05, 3.63) is 71.4 Å². The Hall–Kier alpha value is -2.79. The number of carbonyl (C=O) groups is 1. The summed E-state index contributed by atoms with van der Waals surface area (Å²) in [6.45, 7) is 0.772. The summed E-state index contributed by atoms with van der Waals surface area (Å²) in [5.74, 6) is 0. The van der Waals surface area contributed by atoms with Crippen LogP contribution in [-0.2, 0) is 24.4 Å². The van der Waals surface area contributed by atoms with Gasteiger partial charge in [0, 0.05) is 23.6 Å². The fourth-order valence-corrected chi connectivity index (χ4v) is 2.60. The molecule has 124 valence electrons. The van der Waals surface area contributed by atoms with Gasteiger partial charge in [0.25, 0.3) is 0 Å². The Morgan fingerprint density at radius 2 is 1.96 bits per heavy atom. The summed E-state index contributed by atoms with van der Waals surface area (Å²) in [5.41, 5.74) is 3.96. The van der Waals surface area contributed by atoms with Gasteiger partial charge in [-0.2, -0.15) is 0 Å². The molecule has 24 heavy (non-hydrogen) atoms. The lowest BCUT2D eigenvalue weighted by Crippen LogP contribution is -2.26. The molecule has 3 rings (SSSR count). The minimum atomic E-state index is -0.422. The molecule has 3 N–H and O–H groups in total. The number of rotatable bonds is 6. The maximum Gasteiger partial charge on any atom is 0.407 e. The second kappa shape index (κ2) is 7.66. The van der Waals surface area contributed by atoms with Gasteiger partial charge in [-0.05, 0) is 35.2 Å². The van der Waals surface area contributed by atoms with Gasteiger partial charge in [-0.1, -0.05) is 36.4 Å². The van der Waals surface area contributed by atoms with Crippen LogP contribution in [-0.4, -0.2) is 22.7 Å². The highest BCUT2D eigenvalue weighted by molar-refractivity contribution is 5.84. The molecule has 0 atom stereocenters. The van der Waals surface area contributed by atoms with Gasteiger partial charge in [0.1, 0.15) is 6.61 Å². The minimum absolute atomic E-state index is 0.0185. The highest BCUT2D eigenvalue weighted by Crippen LogP contribution is 2.20. The Balaban J connectivity index is 1.50. The summed E-state index contributed by atoms with van der Waals surface area (Å²) >= 11 is 0. The van der Waals surface area contributed by atoms with Gasteiger partial charge in [-0.15, -0.1) is 0 Å². The standard InChI is InChI=1S/C19H20N2O3/c22-12-15-6-7-18-17(10-15)16(11-21-18)8-9-20-19(23)24-13-14-4-2-1-3-5-14/h1-7,10-11,21-22H,8-9,12-13H2,(H,20,23). The van der Waals surface area contributed by atoms with E-state index in [1.807, 2.05) is 54.7 Å². The Morgan fingerprint density at radius 1 is 1.12 bits per heavy atom. The number of ether oxygens (including phenoxy) is 1. The Bertz CT molecular complexity index is 812. The summed E-state index contributed by atoms with van der Waals surface area (Å²) in [7, 11) is 0. The number of benzene rings is 2. The van der Waals surface area contributed by atoms with E-state index in [1.54, 1.807) is 0 Å². The molecule has 0 saturated carbocycles. The number of amides is 1. The van der Waals surface area contributed by atoms with Crippen LogP contribution in [0.25, 0.3) is 10.9 Å². The number of hydrogen-bond acceptors (Lipinski definition) is 3. The number of alkyl carbamates (subject to hydrolysis) is 1. The van der Waals surface area contributed by atoms with Crippen LogP contribution >= 0.6 is 0 Å². The number of aliphatic hydroxyl groups excluding tert-OH is 1. The molecule has 0 radical (unpaired) electrons. The molecular weight excluding hydrogens is 304 g/mol. The molecule has 1 aromatic heterocycles. The first-order valence-corrected chi connectivity index (χ1v) is 7.90. The SMILES string of the molecule is O=C(NCCc1c[nH]c2ccc(CO)cc12)OCc1ccccc1. The number of fused-ring (bicyclic) bond motifs is 1. The number of aromatic amines is 1. The molecule has 0 spiro atoms. The summed E-state index contributed by atoms with van der Waals surface area (Å²) < 4.78 is 5.18. The van der Waals surface area contributed by atoms with E-state index in [2.05, 4.69) is 10.3 Å². The highest BCUT2D eigenvalue weighted by Gasteiger charge is 2.06. The molecule has 1 heterocycles. The lowest BCUT2D eigenvalue weighted by atomic mass is 10.1. The van der Waals surface area contributed by atoms with E-state index in [1.165, 1.54) is 0 Å². The number of nitrogens with one attached hydrogen (secondary N) is 2. The molecule has 2 aromatic carbocycles. The van der Waals surface area contributed by atoms with Crippen LogP contribution in [0.2, 0.25) is 0 Å². The van der Waals surface area contributed by atoms with Crippen molar-refractivity contribution in [2.24, 2.45) is 0 Å². The Kier molecular flexibility index (Phi) is 5.13. The summed E-state index contributed by atoms with van der Waals surface area (Å²) in [5, 5.41) is 13.1. The molecule has 5 nitrogen and oxygen atoms in total. The fourth-order valence-electron chi connectivity index (χ4n) is 2.60. The molecule has 5 heteroatoms. The average molecular weight is 324 g/mol. The minimum Gasteiger partial charge on any atom is -0.445 e. The predicted octanol–water partition coefficient (Wildman–Crippen LogP) is 3.13. The number of aliphatic hydroxyl groups is 1. The van der Waals surface area contributed by atoms with Crippen LogP contribution in [0.1, 0.15) is 16.7 Å². The van der Waals surface area contributed by atoms with Gasteiger partial charge in [-0.25, -0.2) is 4.79 Å². The lowest BCUT2D eigenvalue weighted by molar-refractivity contribution is 0.140. The van der Waals surface area contributed by atoms with Crippen molar-refractivity contribution in [3.8, 4) is 0 Å². The van der Waals surface area contributed by atoms with Crippen LogP contribution in [0, 0.1) is 0 Å². The zero-order valence-electron chi connectivity index (χ0n) is 13.3. The molecule has 3 aromatic rings. The number of hydrogen-bond donors (Lipinski definition) is 3. The number of H-pyrrole nitrogens is 1. The van der Waals surface area contributed by atoms with Crippen LogP contribution in [0.4, 0.5) is 4.79 Å². The first-order chi connectivity index (χ1) is 11.8. The largest absolute Gasteiger partial charge is 0.445 e. The first kappa shape index (κ1) is 16.1. The van der Waals surface area contributed by atoms with Crippen molar-refractivity contribution >= 4 is 17.0 Å². The quantitative estimate of drug-likeness (QED) is 0.652. The fraction of sp³-hybridized carbons (Fsp3) is 0.211. The summed E-state index contributed by atoms with van der Waals surface area (Å²) in [6.07, 6.45) is 2.20. The van der Waals surface area contributed by atoms with Crippen LogP contribution in [0.15, 0.2) is 54.7 Å². The van der Waals surface area contributed by atoms with E-state index in [-0.39, 0.29) is 13.2 Å². The first-order valence-electron chi connectivity index (χ1n) is 7.90. The third kappa shape index (κ3) is 3.94. The predicted molar refractivity (Wildman–Crippen MR) is 92.6 cm³/mol. The van der Waals surface area contributed by atoms with E-state index in [9.17, 15) is 9.90 Å². The zero-order valence-corrected chi connectivity index (χ0v) is 13.3. The van der Waals surface area contributed by atoms with E-state index < -0.39 is 6.09 Å². The van der Waals surface area contributed by atoms with E-state index in [0.717, 1.165) is 27.6 Å². The average Bonchev–Trinajstić information content (AvgIpc) is 3.03. The topological polar surface area (TPSA) is 74.4 Å². The molecule has 1 amide bonds. The van der Waals surface area contributed by atoms with Gasteiger partial charge in [0.15, 0.2) is 0 Å². The third-order valence-electron chi connectivity index (χ3n) is 3.89. The maximum atomic E-state index is 11.7. The number of carbonyl (C=O) groups excluding carboxylic acids is 1. The Morgan fingerprint density at radius 3 is 2.75 bits per heavy atom. The van der Waals surface area contributed by atoms with Crippen LogP contribution in [0.5, 0.6) is 0 Å². The van der Waals surface area contributed by atoms with Crippen molar-refractivity contribution in [3.63, 3.8) is 0 Å². The van der Waals surface area contributed by atoms with Gasteiger partial charge < -0.3 is 20.1 Å². The lowest BCUT2D eigenvalue weighted by Gasteiger charge is -2.07. The molecular formula is C19H20N2O3. The molecule has 0 bridgehead atoms. The summed E-state index contributed by atoms with van der Waals surface area (Å²) in [6, 6.07) is 15.4. The van der Waals surface area contributed by atoms with Crippen molar-refractivity contribution in [1.82, 2.24) is 10.3 Å². The van der Waals surface area contributed by atoms with Crippen LogP contribution < -0.4 is 5.32 Å². The number of aromatic nitrogens is 1. The molecule has 0 fully saturated rings. The van der Waals surface area contributed by atoms with E-state index in [4.69, 9.17) is 4.74 Å². The normalized spacial score (nSPS) is 10.7. The second-order valence-electron chi connectivity index (χ2n) is 5.59. The van der Waals surface area contributed by atoms with Crippen molar-refractivity contribution in [2.45, 2.75) is 19.6 Å². The highest BCUT2D eigenvalue weighted by atomic mass is 16.5.